The molecule has 26 heavy (non-hydrogen) atoms. The van der Waals surface area contributed by atoms with Crippen LogP contribution in [-0.4, -0.2) is 23.8 Å². The van der Waals surface area contributed by atoms with Gasteiger partial charge in [0.25, 0.3) is 0 Å². The number of halogens is 1. The number of aromatic nitrogens is 1. The van der Waals surface area contributed by atoms with E-state index in [9.17, 15) is 4.79 Å². The van der Waals surface area contributed by atoms with Gasteiger partial charge in [-0.05, 0) is 36.8 Å². The van der Waals surface area contributed by atoms with E-state index in [4.69, 9.17) is 16.3 Å². The number of ether oxygens (including phenoxy) is 1. The van der Waals surface area contributed by atoms with Crippen molar-refractivity contribution in [2.24, 2.45) is 5.10 Å². The van der Waals surface area contributed by atoms with Crippen LogP contribution in [0.1, 0.15) is 18.1 Å². The number of carbonyl (C=O) groups is 1. The maximum absolute atomic E-state index is 12.1. The minimum Gasteiger partial charge on any atom is -0.497 e. The first-order chi connectivity index (χ1) is 12.6. The highest BCUT2D eigenvalue weighted by molar-refractivity contribution is 6.31. The summed E-state index contributed by atoms with van der Waals surface area (Å²) in [4.78, 5) is 12.1. The molecule has 0 saturated carbocycles. The Morgan fingerprint density at radius 3 is 2.88 bits per heavy atom. The maximum Gasteiger partial charge on any atom is 0.244 e. The molecule has 3 aromatic rings. The van der Waals surface area contributed by atoms with Crippen molar-refractivity contribution in [1.29, 1.82) is 0 Å². The van der Waals surface area contributed by atoms with E-state index in [2.05, 4.69) is 28.1 Å². The number of hydrogen-bond donors (Lipinski definition) is 1. The third kappa shape index (κ3) is 3.89. The van der Waals surface area contributed by atoms with Crippen molar-refractivity contribution in [3.05, 3.63) is 64.8 Å². The Balaban J connectivity index is 1.70. The summed E-state index contributed by atoms with van der Waals surface area (Å²) in [7, 11) is 1.57. The van der Waals surface area contributed by atoms with Crippen LogP contribution in [0.25, 0.3) is 10.9 Å². The lowest BCUT2D eigenvalue weighted by Crippen LogP contribution is -2.20. The number of methoxy groups -OCH3 is 1. The zero-order chi connectivity index (χ0) is 18.5. The van der Waals surface area contributed by atoms with Crippen LogP contribution in [0.3, 0.4) is 0 Å². The van der Waals surface area contributed by atoms with Crippen LogP contribution in [0.2, 0.25) is 5.02 Å². The molecule has 0 spiro atoms. The first-order valence-electron chi connectivity index (χ1n) is 8.34. The lowest BCUT2D eigenvalue weighted by atomic mass is 10.1. The van der Waals surface area contributed by atoms with Crippen molar-refractivity contribution in [2.45, 2.75) is 19.9 Å². The number of hydrogen-bond acceptors (Lipinski definition) is 3. The average Bonchev–Trinajstić information content (AvgIpc) is 3.01. The number of carbonyl (C=O) groups excluding carboxylic acids is 1. The Kier molecular flexibility index (Phi) is 5.58. The molecule has 3 rings (SSSR count). The van der Waals surface area contributed by atoms with E-state index in [1.807, 2.05) is 24.4 Å². The van der Waals surface area contributed by atoms with Gasteiger partial charge in [-0.1, -0.05) is 29.8 Å². The molecule has 0 aliphatic rings. The first kappa shape index (κ1) is 18.0. The molecule has 0 radical (unpaired) electrons. The summed E-state index contributed by atoms with van der Waals surface area (Å²) in [5, 5.41) is 5.72. The van der Waals surface area contributed by atoms with Crippen molar-refractivity contribution in [3.63, 3.8) is 0 Å². The average molecular weight is 370 g/mol. The number of nitrogens with zero attached hydrogens (tertiary/aromatic N) is 2. The third-order valence-corrected chi connectivity index (χ3v) is 4.53. The number of benzene rings is 2. The normalized spacial score (nSPS) is 11.2. The molecule has 0 unspecified atom stereocenters. The molecule has 1 heterocycles. The van der Waals surface area contributed by atoms with Crippen molar-refractivity contribution in [3.8, 4) is 5.75 Å². The van der Waals surface area contributed by atoms with E-state index in [1.54, 1.807) is 31.5 Å². The second-order valence-electron chi connectivity index (χ2n) is 5.81. The zero-order valence-corrected chi connectivity index (χ0v) is 15.5. The molecule has 0 bridgehead atoms. The van der Waals surface area contributed by atoms with Crippen LogP contribution in [0, 0.1) is 0 Å². The summed E-state index contributed by atoms with van der Waals surface area (Å²) in [6.07, 6.45) is 3.82. The summed E-state index contributed by atoms with van der Waals surface area (Å²) in [6.45, 7) is 2.96. The molecule has 5 nitrogen and oxygen atoms in total. The lowest BCUT2D eigenvalue weighted by Gasteiger charge is -2.06. The quantitative estimate of drug-likeness (QED) is 0.527. The van der Waals surface area contributed by atoms with Gasteiger partial charge >= 0.3 is 0 Å². The fraction of sp³-hybridized carbons (Fsp3) is 0.200. The molecule has 0 atom stereocenters. The number of nitrogens with one attached hydrogen (secondary N) is 1. The SMILES string of the molecule is CCn1cc(/C=N/NC(=O)Cc2cc(OC)ccc2Cl)c2ccccc21. The second-order valence-corrected chi connectivity index (χ2v) is 6.22. The number of rotatable bonds is 6. The summed E-state index contributed by atoms with van der Waals surface area (Å²) in [6, 6.07) is 13.3. The molecule has 1 N–H and O–H groups in total. The molecular weight excluding hydrogens is 350 g/mol. The number of para-hydroxylation sites is 1. The van der Waals surface area contributed by atoms with Crippen LogP contribution in [0.4, 0.5) is 0 Å². The monoisotopic (exact) mass is 369 g/mol. The van der Waals surface area contributed by atoms with E-state index in [-0.39, 0.29) is 12.3 Å². The Morgan fingerprint density at radius 2 is 2.12 bits per heavy atom. The van der Waals surface area contributed by atoms with Gasteiger partial charge in [-0.3, -0.25) is 4.79 Å². The standard InChI is InChI=1S/C20H20ClN3O2/c1-3-24-13-15(17-6-4-5-7-19(17)24)12-22-23-20(25)11-14-10-16(26-2)8-9-18(14)21/h4-10,12-13H,3,11H2,1-2H3,(H,23,25)/b22-12+. The van der Waals surface area contributed by atoms with E-state index in [0.29, 0.717) is 16.3 Å². The molecule has 6 heteroatoms. The molecule has 0 aliphatic heterocycles. The van der Waals surface area contributed by atoms with Gasteiger partial charge in [0, 0.05) is 34.2 Å². The van der Waals surface area contributed by atoms with Gasteiger partial charge in [0.05, 0.1) is 19.7 Å². The number of aryl methyl sites for hydroxylation is 1. The number of hydrazone groups is 1. The van der Waals surface area contributed by atoms with Gasteiger partial charge < -0.3 is 9.30 Å². The molecule has 0 aliphatic carbocycles. The van der Waals surface area contributed by atoms with Gasteiger partial charge in [-0.15, -0.1) is 0 Å². The predicted octanol–water partition coefficient (Wildman–Crippen LogP) is 4.02. The highest BCUT2D eigenvalue weighted by Gasteiger charge is 2.09. The Hall–Kier alpha value is -2.79. The fourth-order valence-electron chi connectivity index (χ4n) is 2.84. The van der Waals surface area contributed by atoms with E-state index < -0.39 is 0 Å². The number of fused-ring (bicyclic) bond motifs is 1. The van der Waals surface area contributed by atoms with E-state index in [1.165, 1.54) is 0 Å². The van der Waals surface area contributed by atoms with Crippen LogP contribution < -0.4 is 10.2 Å². The smallest absolute Gasteiger partial charge is 0.244 e. The summed E-state index contributed by atoms with van der Waals surface area (Å²) >= 11 is 6.13. The van der Waals surface area contributed by atoms with Crippen molar-refractivity contribution in [2.75, 3.05) is 7.11 Å². The molecule has 1 aromatic heterocycles. The fourth-order valence-corrected chi connectivity index (χ4v) is 3.02. The maximum atomic E-state index is 12.1. The Labute approximate surface area is 157 Å². The van der Waals surface area contributed by atoms with E-state index in [0.717, 1.165) is 23.0 Å². The molecule has 2 aromatic carbocycles. The molecule has 0 fully saturated rings. The number of amides is 1. The summed E-state index contributed by atoms with van der Waals surface area (Å²) in [5.41, 5.74) is 5.36. The molecule has 1 amide bonds. The van der Waals surface area contributed by atoms with Crippen molar-refractivity contribution >= 4 is 34.6 Å². The summed E-state index contributed by atoms with van der Waals surface area (Å²) in [5.74, 6) is 0.420. The minimum absolute atomic E-state index is 0.129. The summed E-state index contributed by atoms with van der Waals surface area (Å²) < 4.78 is 7.31. The first-order valence-corrected chi connectivity index (χ1v) is 8.72. The van der Waals surface area contributed by atoms with Crippen LogP contribution in [0.15, 0.2) is 53.8 Å². The topological polar surface area (TPSA) is 55.6 Å². The minimum atomic E-state index is -0.240. The Morgan fingerprint density at radius 1 is 1.31 bits per heavy atom. The highest BCUT2D eigenvalue weighted by atomic mass is 35.5. The Bertz CT molecular complexity index is 963. The predicted molar refractivity (Wildman–Crippen MR) is 105 cm³/mol. The van der Waals surface area contributed by atoms with Gasteiger partial charge in [0.1, 0.15) is 5.75 Å². The zero-order valence-electron chi connectivity index (χ0n) is 14.7. The van der Waals surface area contributed by atoms with Gasteiger partial charge in [0.2, 0.25) is 5.91 Å². The van der Waals surface area contributed by atoms with Crippen LogP contribution in [-0.2, 0) is 17.8 Å². The van der Waals surface area contributed by atoms with Gasteiger partial charge in [-0.2, -0.15) is 5.10 Å². The van der Waals surface area contributed by atoms with Crippen LogP contribution in [0.5, 0.6) is 5.75 Å². The van der Waals surface area contributed by atoms with Crippen molar-refractivity contribution in [1.82, 2.24) is 9.99 Å². The van der Waals surface area contributed by atoms with E-state index >= 15 is 0 Å². The lowest BCUT2D eigenvalue weighted by molar-refractivity contribution is -0.120. The molecule has 0 saturated heterocycles. The second kappa shape index (κ2) is 8.06. The van der Waals surface area contributed by atoms with Crippen molar-refractivity contribution < 1.29 is 9.53 Å². The third-order valence-electron chi connectivity index (χ3n) is 4.16. The van der Waals surface area contributed by atoms with Gasteiger partial charge in [0.15, 0.2) is 0 Å². The molecule has 134 valence electrons. The van der Waals surface area contributed by atoms with Gasteiger partial charge in [-0.25, -0.2) is 5.43 Å². The molecular formula is C20H20ClN3O2. The highest BCUT2D eigenvalue weighted by Crippen LogP contribution is 2.22. The largest absolute Gasteiger partial charge is 0.497 e. The van der Waals surface area contributed by atoms with Crippen LogP contribution >= 0.6 is 11.6 Å².